The minimum atomic E-state index is 0. The smallest absolute Gasteiger partial charge is 0.167 e. The fourth-order valence-corrected chi connectivity index (χ4v) is 3.84. The topological polar surface area (TPSA) is 75.2 Å². The maximum atomic E-state index is 12.0. The minimum Gasteiger partial charge on any atom is -0.317 e. The molecule has 0 aliphatic carbocycles. The number of pyridine rings is 2. The van der Waals surface area contributed by atoms with Crippen molar-refractivity contribution in [3.05, 3.63) is 60.2 Å². The van der Waals surface area contributed by atoms with Crippen molar-refractivity contribution in [2.45, 2.75) is 40.5 Å². The van der Waals surface area contributed by atoms with Crippen molar-refractivity contribution < 1.29 is 9.59 Å². The molecule has 1 N–H and O–H groups in total. The van der Waals surface area contributed by atoms with Gasteiger partial charge < -0.3 is 10.2 Å². The van der Waals surface area contributed by atoms with Crippen molar-refractivity contribution in [1.82, 2.24) is 20.2 Å². The number of carbonyl (C=O) groups excluding carboxylic acids is 2. The second-order valence-electron chi connectivity index (χ2n) is 7.81. The molecule has 0 radical (unpaired) electrons. The molecule has 2 saturated heterocycles. The van der Waals surface area contributed by atoms with Crippen LogP contribution in [0.4, 0.5) is 0 Å². The van der Waals surface area contributed by atoms with E-state index in [0.29, 0.717) is 0 Å². The fraction of sp³-hybridized carbons (Fsp3) is 0.520. The van der Waals surface area contributed by atoms with Gasteiger partial charge in [0.15, 0.2) is 11.6 Å². The predicted octanol–water partition coefficient (Wildman–Crippen LogP) is 4.99. The molecule has 0 amide bonds. The highest BCUT2D eigenvalue weighted by Crippen LogP contribution is 2.20. The summed E-state index contributed by atoms with van der Waals surface area (Å²) in [6, 6.07) is 7.33. The van der Waals surface area contributed by atoms with Crippen LogP contribution in [0.5, 0.6) is 0 Å². The molecule has 0 bridgehead atoms. The Morgan fingerprint density at radius 1 is 0.818 bits per heavy atom. The number of piperidine rings is 2. The minimum absolute atomic E-state index is 0. The maximum absolute atomic E-state index is 12.0. The van der Waals surface area contributed by atoms with Crippen LogP contribution in [0, 0.1) is 11.8 Å². The van der Waals surface area contributed by atoms with Crippen LogP contribution in [0.1, 0.15) is 61.3 Å². The van der Waals surface area contributed by atoms with E-state index in [-0.39, 0.29) is 63.1 Å². The number of rotatable bonds is 4. The molecule has 4 heterocycles. The molecule has 0 spiro atoms. The van der Waals surface area contributed by atoms with Crippen LogP contribution < -0.4 is 5.32 Å². The van der Waals surface area contributed by atoms with Gasteiger partial charge in [0.05, 0.1) is 0 Å². The third-order valence-electron chi connectivity index (χ3n) is 5.69. The number of nitrogens with one attached hydrogen (secondary N) is 1. The average molecular weight is 500 g/mol. The van der Waals surface area contributed by atoms with Crippen LogP contribution in [-0.2, 0) is 0 Å². The van der Waals surface area contributed by atoms with Gasteiger partial charge in [0.1, 0.15) is 0 Å². The predicted molar refractivity (Wildman–Crippen MR) is 141 cm³/mol. The zero-order valence-corrected chi connectivity index (χ0v) is 19.5. The third kappa shape index (κ3) is 10.3. The van der Waals surface area contributed by atoms with Gasteiger partial charge in [0.2, 0.25) is 0 Å². The number of ketones is 2. The molecular formula is C25H40Cl2N4O2. The van der Waals surface area contributed by atoms with Gasteiger partial charge in [0.25, 0.3) is 0 Å². The van der Waals surface area contributed by atoms with Gasteiger partial charge in [-0.1, -0.05) is 14.9 Å². The molecule has 8 heteroatoms. The molecular weight excluding hydrogens is 459 g/mol. The molecule has 2 aromatic heterocycles. The molecule has 2 fully saturated rings. The third-order valence-corrected chi connectivity index (χ3v) is 5.69. The van der Waals surface area contributed by atoms with Crippen molar-refractivity contribution in [2.75, 3.05) is 33.2 Å². The van der Waals surface area contributed by atoms with Gasteiger partial charge in [-0.2, -0.15) is 0 Å². The summed E-state index contributed by atoms with van der Waals surface area (Å²) < 4.78 is 0. The van der Waals surface area contributed by atoms with Crippen LogP contribution in [0.3, 0.4) is 0 Å². The monoisotopic (exact) mass is 498 g/mol. The number of nitrogens with zero attached hydrogens (tertiary/aromatic N) is 3. The SMILES string of the molecule is C.C.CN1CCC(C(=O)c2cccnc2)CC1.Cl.Cl.O=C(c1cccnc1)C1CCNCC1. The molecule has 0 unspecified atom stereocenters. The Kier molecular flexibility index (Phi) is 17.8. The molecule has 0 saturated carbocycles. The Morgan fingerprint density at radius 3 is 1.64 bits per heavy atom. The van der Waals surface area contributed by atoms with Crippen molar-refractivity contribution in [1.29, 1.82) is 0 Å². The Bertz CT molecular complexity index is 780. The second-order valence-corrected chi connectivity index (χ2v) is 7.81. The van der Waals surface area contributed by atoms with Crippen molar-refractivity contribution in [3.63, 3.8) is 0 Å². The second kappa shape index (κ2) is 17.6. The van der Waals surface area contributed by atoms with E-state index in [1.54, 1.807) is 24.8 Å². The maximum Gasteiger partial charge on any atom is 0.167 e. The van der Waals surface area contributed by atoms with E-state index >= 15 is 0 Å². The lowest BCUT2D eigenvalue weighted by molar-refractivity contribution is 0.0855. The highest BCUT2D eigenvalue weighted by atomic mass is 35.5. The quantitative estimate of drug-likeness (QED) is 0.598. The summed E-state index contributed by atoms with van der Waals surface area (Å²) >= 11 is 0. The normalized spacial score (nSPS) is 16.3. The summed E-state index contributed by atoms with van der Waals surface area (Å²) in [5.41, 5.74) is 1.51. The van der Waals surface area contributed by atoms with Gasteiger partial charge in [0, 0.05) is 47.8 Å². The number of aromatic nitrogens is 2. The lowest BCUT2D eigenvalue weighted by atomic mass is 9.90. The molecule has 2 aliphatic heterocycles. The molecule has 2 aromatic rings. The van der Waals surface area contributed by atoms with E-state index < -0.39 is 0 Å². The van der Waals surface area contributed by atoms with Gasteiger partial charge in [-0.15, -0.1) is 24.8 Å². The summed E-state index contributed by atoms with van der Waals surface area (Å²) in [6.45, 7) is 3.96. The van der Waals surface area contributed by atoms with Crippen LogP contribution >= 0.6 is 24.8 Å². The Morgan fingerprint density at radius 2 is 1.24 bits per heavy atom. The molecule has 0 atom stereocenters. The number of carbonyl (C=O) groups is 2. The zero-order valence-electron chi connectivity index (χ0n) is 17.9. The number of Topliss-reactive ketones (excluding diaryl/α,β-unsaturated/α-hetero) is 2. The van der Waals surface area contributed by atoms with E-state index in [2.05, 4.69) is 27.2 Å². The van der Waals surface area contributed by atoms with Gasteiger partial charge in [-0.05, 0) is 83.2 Å². The van der Waals surface area contributed by atoms with Crippen molar-refractivity contribution in [3.8, 4) is 0 Å². The summed E-state index contributed by atoms with van der Waals surface area (Å²) in [5.74, 6) is 0.904. The van der Waals surface area contributed by atoms with E-state index in [4.69, 9.17) is 0 Å². The number of hydrogen-bond donors (Lipinski definition) is 1. The Labute approximate surface area is 211 Å². The summed E-state index contributed by atoms with van der Waals surface area (Å²) in [7, 11) is 2.10. The molecule has 6 nitrogen and oxygen atoms in total. The lowest BCUT2D eigenvalue weighted by Gasteiger charge is -2.27. The number of hydrogen-bond acceptors (Lipinski definition) is 6. The summed E-state index contributed by atoms with van der Waals surface area (Å²) in [6.07, 6.45) is 10.6. The first-order chi connectivity index (χ1) is 14.1. The number of likely N-dealkylation sites (tertiary alicyclic amines) is 1. The Balaban J connectivity index is 0. The first-order valence-electron chi connectivity index (χ1n) is 10.4. The van der Waals surface area contributed by atoms with Gasteiger partial charge >= 0.3 is 0 Å². The lowest BCUT2D eigenvalue weighted by Crippen LogP contribution is -2.33. The summed E-state index contributed by atoms with van der Waals surface area (Å²) in [4.78, 5) is 34.2. The van der Waals surface area contributed by atoms with Gasteiger partial charge in [-0.3, -0.25) is 19.6 Å². The van der Waals surface area contributed by atoms with Gasteiger partial charge in [-0.25, -0.2) is 0 Å². The molecule has 186 valence electrons. The van der Waals surface area contributed by atoms with E-state index in [1.807, 2.05) is 24.3 Å². The largest absolute Gasteiger partial charge is 0.317 e. The van der Waals surface area contributed by atoms with E-state index in [0.717, 1.165) is 63.0 Å². The van der Waals surface area contributed by atoms with Crippen LogP contribution in [0.25, 0.3) is 0 Å². The Hall–Kier alpha value is -1.86. The standard InChI is InChI=1S/C12H16N2O.C11H14N2O.2CH4.2ClH/c1-14-7-4-10(5-8-14)12(15)11-3-2-6-13-9-11;14-11(9-3-6-12-7-4-9)10-2-1-5-13-8-10;;;;/h2-3,6,9-10H,4-5,7-8H2,1H3;1-2,5,8-9,12H,3-4,6-7H2;2*1H4;2*1H. The highest BCUT2D eigenvalue weighted by Gasteiger charge is 2.24. The van der Waals surface area contributed by atoms with Crippen LogP contribution in [0.15, 0.2) is 49.1 Å². The average Bonchev–Trinajstić information content (AvgIpc) is 2.81. The van der Waals surface area contributed by atoms with Crippen molar-refractivity contribution >= 4 is 36.4 Å². The molecule has 2 aliphatic rings. The first kappa shape index (κ1) is 33.3. The highest BCUT2D eigenvalue weighted by molar-refractivity contribution is 5.98. The van der Waals surface area contributed by atoms with Crippen LogP contribution in [-0.4, -0.2) is 59.7 Å². The molecule has 0 aromatic carbocycles. The zero-order chi connectivity index (χ0) is 20.5. The summed E-state index contributed by atoms with van der Waals surface area (Å²) in [5, 5.41) is 3.25. The first-order valence-corrected chi connectivity index (χ1v) is 10.4. The van der Waals surface area contributed by atoms with Crippen molar-refractivity contribution in [2.24, 2.45) is 11.8 Å². The molecule has 33 heavy (non-hydrogen) atoms. The van der Waals surface area contributed by atoms with E-state index in [1.165, 1.54) is 0 Å². The fourth-order valence-electron chi connectivity index (χ4n) is 3.84. The number of halogens is 2. The molecule has 4 rings (SSSR count). The van der Waals surface area contributed by atoms with Crippen LogP contribution in [0.2, 0.25) is 0 Å². The van der Waals surface area contributed by atoms with E-state index in [9.17, 15) is 9.59 Å².